The van der Waals surface area contributed by atoms with Gasteiger partial charge in [0, 0.05) is 12.2 Å². The molecule has 0 radical (unpaired) electrons. The van der Waals surface area contributed by atoms with Gasteiger partial charge in [-0.05, 0) is 31.5 Å². The van der Waals surface area contributed by atoms with E-state index in [9.17, 15) is 9.59 Å². The van der Waals surface area contributed by atoms with Crippen LogP contribution in [0.3, 0.4) is 0 Å². The molecule has 1 aliphatic heterocycles. The van der Waals surface area contributed by atoms with Crippen molar-refractivity contribution in [2.24, 2.45) is 0 Å². The molecule has 1 aromatic carbocycles. The van der Waals surface area contributed by atoms with Gasteiger partial charge in [-0.15, -0.1) is 0 Å². The maximum atomic E-state index is 11.7. The summed E-state index contributed by atoms with van der Waals surface area (Å²) >= 11 is 0. The molecular formula is C17H21N3O4. The highest BCUT2D eigenvalue weighted by Gasteiger charge is 2.22. The lowest BCUT2D eigenvalue weighted by Gasteiger charge is -2.27. The minimum absolute atomic E-state index is 0.0231. The van der Waals surface area contributed by atoms with Crippen LogP contribution in [-0.2, 0) is 27.4 Å². The molecule has 0 aliphatic carbocycles. The molecule has 0 unspecified atom stereocenters. The van der Waals surface area contributed by atoms with E-state index in [1.165, 1.54) is 7.11 Å². The number of hydrogen-bond donors (Lipinski definition) is 1. The monoisotopic (exact) mass is 331 g/mol. The first kappa shape index (κ1) is 16.6. The highest BCUT2D eigenvalue weighted by atomic mass is 16.5. The number of methoxy groups -OCH3 is 1. The second-order valence-corrected chi connectivity index (χ2v) is 5.86. The van der Waals surface area contributed by atoms with E-state index in [1.807, 2.05) is 12.1 Å². The molecular weight excluding hydrogens is 310 g/mol. The summed E-state index contributed by atoms with van der Waals surface area (Å²) in [5.74, 6) is 0.513. The van der Waals surface area contributed by atoms with E-state index >= 15 is 0 Å². The summed E-state index contributed by atoms with van der Waals surface area (Å²) in [5.41, 5.74) is 2.40. The molecule has 0 spiro atoms. The van der Waals surface area contributed by atoms with E-state index in [0.29, 0.717) is 18.7 Å². The van der Waals surface area contributed by atoms with E-state index in [4.69, 9.17) is 4.74 Å². The number of imidazole rings is 1. The van der Waals surface area contributed by atoms with Crippen molar-refractivity contribution in [3.63, 3.8) is 0 Å². The number of nitrogens with zero attached hydrogens (tertiary/aromatic N) is 2. The Morgan fingerprint density at radius 3 is 2.88 bits per heavy atom. The van der Waals surface area contributed by atoms with Gasteiger partial charge in [0.1, 0.15) is 5.82 Å². The summed E-state index contributed by atoms with van der Waals surface area (Å²) in [6.45, 7) is 3.58. The predicted octanol–water partition coefficient (Wildman–Crippen LogP) is 1.29. The van der Waals surface area contributed by atoms with Crippen molar-refractivity contribution < 1.29 is 19.1 Å². The average Bonchev–Trinajstić information content (AvgIpc) is 2.87. The van der Waals surface area contributed by atoms with Gasteiger partial charge in [0.05, 0.1) is 43.9 Å². The summed E-state index contributed by atoms with van der Waals surface area (Å²) in [6, 6.07) is 5.51. The van der Waals surface area contributed by atoms with Crippen LogP contribution in [0.5, 0.6) is 0 Å². The molecule has 7 heteroatoms. The van der Waals surface area contributed by atoms with Crippen LogP contribution in [-0.4, -0.2) is 47.7 Å². The van der Waals surface area contributed by atoms with Crippen LogP contribution in [0.4, 0.5) is 0 Å². The number of rotatable bonds is 7. The predicted molar refractivity (Wildman–Crippen MR) is 87.8 cm³/mol. The minimum Gasteiger partial charge on any atom is -0.468 e. The number of fused-ring (bicyclic) bond motifs is 1. The molecule has 7 nitrogen and oxygen atoms in total. The number of esters is 1. The Labute approximate surface area is 139 Å². The lowest BCUT2D eigenvalue weighted by atomic mass is 10.1. The third kappa shape index (κ3) is 3.47. The number of ketones is 1. The van der Waals surface area contributed by atoms with Crippen molar-refractivity contribution in [3.05, 3.63) is 29.6 Å². The van der Waals surface area contributed by atoms with Crippen molar-refractivity contribution >= 4 is 22.8 Å². The first-order chi connectivity index (χ1) is 11.6. The Hall–Kier alpha value is -2.25. The van der Waals surface area contributed by atoms with Crippen LogP contribution in [0.1, 0.15) is 29.5 Å². The van der Waals surface area contributed by atoms with Crippen LogP contribution in [0.2, 0.25) is 0 Å². The SMILES string of the molecule is COC(=O)CNCc1nc2ccc(C(C)=O)cc2n1C[C@@H]1CCO1. The Bertz CT molecular complexity index is 765. The number of ether oxygens (including phenoxy) is 2. The van der Waals surface area contributed by atoms with Crippen LogP contribution in [0.25, 0.3) is 11.0 Å². The molecule has 128 valence electrons. The topological polar surface area (TPSA) is 82.5 Å². The van der Waals surface area contributed by atoms with Crippen LogP contribution in [0.15, 0.2) is 18.2 Å². The molecule has 0 bridgehead atoms. The van der Waals surface area contributed by atoms with Gasteiger partial charge >= 0.3 is 5.97 Å². The number of carbonyl (C=O) groups excluding carboxylic acids is 2. The number of hydrogen-bond acceptors (Lipinski definition) is 6. The van der Waals surface area contributed by atoms with Gasteiger partial charge < -0.3 is 14.0 Å². The molecule has 0 amide bonds. The van der Waals surface area contributed by atoms with Crippen molar-refractivity contribution in [3.8, 4) is 0 Å². The molecule has 1 aliphatic rings. The molecule has 0 saturated carbocycles. The summed E-state index contributed by atoms with van der Waals surface area (Å²) < 4.78 is 12.2. The zero-order valence-electron chi connectivity index (χ0n) is 13.9. The second kappa shape index (κ2) is 7.11. The first-order valence-electron chi connectivity index (χ1n) is 7.97. The zero-order valence-corrected chi connectivity index (χ0v) is 13.9. The van der Waals surface area contributed by atoms with E-state index in [2.05, 4.69) is 19.6 Å². The molecule has 1 fully saturated rings. The van der Waals surface area contributed by atoms with E-state index in [1.54, 1.807) is 13.0 Å². The van der Waals surface area contributed by atoms with Gasteiger partial charge in [0.15, 0.2) is 5.78 Å². The smallest absolute Gasteiger partial charge is 0.319 e. The highest BCUT2D eigenvalue weighted by molar-refractivity contribution is 5.97. The zero-order chi connectivity index (χ0) is 17.1. The fourth-order valence-corrected chi connectivity index (χ4v) is 2.71. The average molecular weight is 331 g/mol. The third-order valence-electron chi connectivity index (χ3n) is 4.19. The normalized spacial score (nSPS) is 16.8. The molecule has 2 heterocycles. The molecule has 3 rings (SSSR count). The van der Waals surface area contributed by atoms with E-state index in [-0.39, 0.29) is 24.4 Å². The number of benzene rings is 1. The molecule has 1 saturated heterocycles. The Kier molecular flexibility index (Phi) is 4.92. The standard InChI is InChI=1S/C17H21N3O4/c1-11(21)12-3-4-14-15(7-12)20(10-13-5-6-24-13)16(19-14)8-18-9-17(22)23-2/h3-4,7,13,18H,5-6,8-10H2,1-2H3/t13-/m0/s1. The largest absolute Gasteiger partial charge is 0.468 e. The molecule has 1 N–H and O–H groups in total. The Balaban J connectivity index is 1.88. The maximum absolute atomic E-state index is 11.7. The van der Waals surface area contributed by atoms with Gasteiger partial charge in [0.25, 0.3) is 0 Å². The maximum Gasteiger partial charge on any atom is 0.319 e. The van der Waals surface area contributed by atoms with Crippen LogP contribution < -0.4 is 5.32 Å². The van der Waals surface area contributed by atoms with Gasteiger partial charge in [-0.2, -0.15) is 0 Å². The second-order valence-electron chi connectivity index (χ2n) is 5.86. The number of aromatic nitrogens is 2. The van der Waals surface area contributed by atoms with Crippen LogP contribution in [0, 0.1) is 0 Å². The summed E-state index contributed by atoms with van der Waals surface area (Å²) in [5, 5.41) is 3.03. The Morgan fingerprint density at radius 2 is 2.25 bits per heavy atom. The van der Waals surface area contributed by atoms with Gasteiger partial charge in [-0.1, -0.05) is 0 Å². The van der Waals surface area contributed by atoms with Gasteiger partial charge in [-0.25, -0.2) is 4.98 Å². The van der Waals surface area contributed by atoms with Gasteiger partial charge in [-0.3, -0.25) is 14.9 Å². The summed E-state index contributed by atoms with van der Waals surface area (Å²) in [7, 11) is 1.36. The lowest BCUT2D eigenvalue weighted by molar-refractivity contribution is -0.139. The molecule has 1 atom stereocenters. The molecule has 24 heavy (non-hydrogen) atoms. The van der Waals surface area contributed by atoms with Crippen LogP contribution >= 0.6 is 0 Å². The lowest BCUT2D eigenvalue weighted by Crippen LogP contribution is -2.32. The number of Topliss-reactive ketones (excluding diaryl/α,β-unsaturated/α-hetero) is 1. The van der Waals surface area contributed by atoms with Crippen molar-refractivity contribution in [2.75, 3.05) is 20.3 Å². The van der Waals surface area contributed by atoms with Gasteiger partial charge in [0.2, 0.25) is 0 Å². The molecule has 2 aromatic rings. The highest BCUT2D eigenvalue weighted by Crippen LogP contribution is 2.22. The number of nitrogens with one attached hydrogen (secondary N) is 1. The van der Waals surface area contributed by atoms with Crippen molar-refractivity contribution in [1.82, 2.24) is 14.9 Å². The quantitative estimate of drug-likeness (QED) is 0.608. The third-order valence-corrected chi connectivity index (χ3v) is 4.19. The first-order valence-corrected chi connectivity index (χ1v) is 7.97. The summed E-state index contributed by atoms with van der Waals surface area (Å²) in [4.78, 5) is 27.5. The van der Waals surface area contributed by atoms with Crippen molar-refractivity contribution in [1.29, 1.82) is 0 Å². The fraction of sp³-hybridized carbons (Fsp3) is 0.471. The fourth-order valence-electron chi connectivity index (χ4n) is 2.71. The summed E-state index contributed by atoms with van der Waals surface area (Å²) in [6.07, 6.45) is 1.18. The number of carbonyl (C=O) groups is 2. The minimum atomic E-state index is -0.321. The van der Waals surface area contributed by atoms with E-state index < -0.39 is 0 Å². The molecule has 1 aromatic heterocycles. The van der Waals surface area contributed by atoms with E-state index in [0.717, 1.165) is 29.9 Å². The Morgan fingerprint density at radius 1 is 1.46 bits per heavy atom. The van der Waals surface area contributed by atoms with Crippen molar-refractivity contribution in [2.45, 2.75) is 32.5 Å².